The van der Waals surface area contributed by atoms with Crippen LogP contribution in [0, 0.1) is 13.8 Å². The van der Waals surface area contributed by atoms with E-state index in [0.717, 1.165) is 11.1 Å². The second kappa shape index (κ2) is 8.64. The number of benzene rings is 2. The summed E-state index contributed by atoms with van der Waals surface area (Å²) < 4.78 is 28.2. The van der Waals surface area contributed by atoms with Crippen LogP contribution in [0.3, 0.4) is 0 Å². The number of rotatable bonds is 6. The third-order valence-electron chi connectivity index (χ3n) is 4.29. The van der Waals surface area contributed by atoms with Crippen molar-refractivity contribution in [3.05, 3.63) is 52.5 Å². The van der Waals surface area contributed by atoms with Crippen molar-refractivity contribution in [1.82, 2.24) is 4.90 Å². The molecule has 10 heteroatoms. The van der Waals surface area contributed by atoms with Crippen molar-refractivity contribution < 1.29 is 18.0 Å². The molecule has 2 amide bonds. The number of nitrogens with zero attached hydrogens (tertiary/aromatic N) is 1. The fourth-order valence-electron chi connectivity index (χ4n) is 2.83. The number of carbonyl (C=O) groups excluding carboxylic acids is 2. The number of nitrogens with one attached hydrogen (secondary N) is 2. The topological polar surface area (TPSA) is 95.6 Å². The minimum Gasteiger partial charge on any atom is -0.325 e. The zero-order valence-corrected chi connectivity index (χ0v) is 18.2. The van der Waals surface area contributed by atoms with Crippen LogP contribution >= 0.6 is 23.4 Å². The first-order valence-electron chi connectivity index (χ1n) is 8.71. The molecule has 1 aliphatic heterocycles. The van der Waals surface area contributed by atoms with Gasteiger partial charge in [-0.15, -0.1) is 11.8 Å². The van der Waals surface area contributed by atoms with E-state index in [9.17, 15) is 18.0 Å². The first-order chi connectivity index (χ1) is 13.7. The van der Waals surface area contributed by atoms with Crippen LogP contribution in [0.4, 0.5) is 11.4 Å². The minimum absolute atomic E-state index is 0.0337. The van der Waals surface area contributed by atoms with Gasteiger partial charge in [0.05, 0.1) is 22.3 Å². The van der Waals surface area contributed by atoms with Gasteiger partial charge in [-0.25, -0.2) is 8.42 Å². The third-order valence-corrected chi connectivity index (χ3v) is 7.08. The van der Waals surface area contributed by atoms with Crippen LogP contribution in [-0.4, -0.2) is 43.3 Å². The molecule has 0 spiro atoms. The summed E-state index contributed by atoms with van der Waals surface area (Å²) >= 11 is 7.56. The molecule has 2 aromatic carbocycles. The Morgan fingerprint density at radius 2 is 1.97 bits per heavy atom. The summed E-state index contributed by atoms with van der Waals surface area (Å²) in [6, 6.07) is 9.58. The van der Waals surface area contributed by atoms with Crippen molar-refractivity contribution in [1.29, 1.82) is 0 Å². The summed E-state index contributed by atoms with van der Waals surface area (Å²) in [7, 11) is -3.97. The SMILES string of the molecule is Cc1ccc(NS(=O)(=O)c2cc(NC(=O)CN3CSCC3=O)ccc2Cl)c(C)c1. The maximum absolute atomic E-state index is 12.9. The molecule has 2 N–H and O–H groups in total. The molecule has 154 valence electrons. The van der Waals surface area contributed by atoms with Crippen LogP contribution in [0.5, 0.6) is 0 Å². The summed E-state index contributed by atoms with van der Waals surface area (Å²) in [5.74, 6) is 0.323. The van der Waals surface area contributed by atoms with E-state index in [1.165, 1.54) is 34.9 Å². The van der Waals surface area contributed by atoms with Crippen LogP contribution in [0.1, 0.15) is 11.1 Å². The zero-order chi connectivity index (χ0) is 21.2. The van der Waals surface area contributed by atoms with Crippen molar-refractivity contribution in [2.24, 2.45) is 0 Å². The molecule has 0 saturated carbocycles. The van der Waals surface area contributed by atoms with Gasteiger partial charge < -0.3 is 10.2 Å². The number of halogens is 1. The highest BCUT2D eigenvalue weighted by Crippen LogP contribution is 2.28. The van der Waals surface area contributed by atoms with E-state index in [4.69, 9.17) is 11.6 Å². The molecule has 1 aliphatic rings. The highest BCUT2D eigenvalue weighted by atomic mass is 35.5. The van der Waals surface area contributed by atoms with Gasteiger partial charge in [0, 0.05) is 5.69 Å². The van der Waals surface area contributed by atoms with Gasteiger partial charge in [-0.2, -0.15) is 0 Å². The molecular formula is C19H20ClN3O4S2. The standard InChI is InChI=1S/C19H20ClN3O4S2/c1-12-3-6-16(13(2)7-12)22-29(26,27)17-8-14(4-5-15(17)20)21-18(24)9-23-11-28-10-19(23)25/h3-8,22H,9-11H2,1-2H3,(H,21,24). The molecule has 1 heterocycles. The van der Waals surface area contributed by atoms with E-state index in [2.05, 4.69) is 10.0 Å². The van der Waals surface area contributed by atoms with Crippen LogP contribution in [-0.2, 0) is 19.6 Å². The van der Waals surface area contributed by atoms with Crippen molar-refractivity contribution >= 4 is 56.6 Å². The van der Waals surface area contributed by atoms with E-state index in [0.29, 0.717) is 17.3 Å². The summed E-state index contributed by atoms with van der Waals surface area (Å²) in [5.41, 5.74) is 2.52. The van der Waals surface area contributed by atoms with Gasteiger partial charge in [-0.05, 0) is 43.7 Å². The zero-order valence-electron chi connectivity index (χ0n) is 15.9. The molecule has 0 bridgehead atoms. The maximum Gasteiger partial charge on any atom is 0.263 e. The number of hydrogen-bond acceptors (Lipinski definition) is 5. The highest BCUT2D eigenvalue weighted by Gasteiger charge is 2.24. The Bertz CT molecular complexity index is 1070. The molecule has 1 saturated heterocycles. The summed E-state index contributed by atoms with van der Waals surface area (Å²) in [6.45, 7) is 3.64. The Morgan fingerprint density at radius 3 is 2.62 bits per heavy atom. The Kier molecular flexibility index (Phi) is 6.40. The molecular weight excluding hydrogens is 434 g/mol. The Labute approximate surface area is 178 Å². The van der Waals surface area contributed by atoms with Crippen molar-refractivity contribution in [3.8, 4) is 0 Å². The number of sulfonamides is 1. The lowest BCUT2D eigenvalue weighted by atomic mass is 10.1. The van der Waals surface area contributed by atoms with E-state index in [1.807, 2.05) is 13.0 Å². The summed E-state index contributed by atoms with van der Waals surface area (Å²) in [4.78, 5) is 25.1. The van der Waals surface area contributed by atoms with E-state index < -0.39 is 15.9 Å². The molecule has 0 aromatic heterocycles. The number of aryl methyl sites for hydroxylation is 2. The fourth-order valence-corrected chi connectivity index (χ4v) is 5.39. The number of carbonyl (C=O) groups is 2. The van der Waals surface area contributed by atoms with Gasteiger partial charge in [0.25, 0.3) is 10.0 Å². The molecule has 29 heavy (non-hydrogen) atoms. The normalized spacial score (nSPS) is 14.2. The average molecular weight is 454 g/mol. The number of hydrogen-bond donors (Lipinski definition) is 2. The van der Waals surface area contributed by atoms with Crippen LogP contribution in [0.2, 0.25) is 5.02 Å². The van der Waals surface area contributed by atoms with Crippen LogP contribution in [0.15, 0.2) is 41.3 Å². The number of amides is 2. The van der Waals surface area contributed by atoms with Crippen LogP contribution < -0.4 is 10.0 Å². The Balaban J connectivity index is 1.78. The second-order valence-corrected chi connectivity index (χ2v) is 9.70. The quantitative estimate of drug-likeness (QED) is 0.700. The molecule has 1 fully saturated rings. The number of anilines is 2. The summed E-state index contributed by atoms with van der Waals surface area (Å²) in [5, 5.41) is 2.65. The smallest absolute Gasteiger partial charge is 0.263 e. The number of thioether (sulfide) groups is 1. The monoisotopic (exact) mass is 453 g/mol. The first-order valence-corrected chi connectivity index (χ1v) is 11.7. The lowest BCUT2D eigenvalue weighted by Gasteiger charge is -2.16. The second-order valence-electron chi connectivity index (χ2n) is 6.69. The lowest BCUT2D eigenvalue weighted by Crippen LogP contribution is -2.34. The van der Waals surface area contributed by atoms with Gasteiger partial charge in [0.15, 0.2) is 0 Å². The van der Waals surface area contributed by atoms with E-state index >= 15 is 0 Å². The minimum atomic E-state index is -3.97. The van der Waals surface area contributed by atoms with E-state index in [-0.39, 0.29) is 28.1 Å². The van der Waals surface area contributed by atoms with Gasteiger partial charge in [0.2, 0.25) is 11.8 Å². The predicted octanol–water partition coefficient (Wildman–Crippen LogP) is 3.23. The Morgan fingerprint density at radius 1 is 1.21 bits per heavy atom. The third kappa shape index (κ3) is 5.23. The predicted molar refractivity (Wildman–Crippen MR) is 116 cm³/mol. The van der Waals surface area contributed by atoms with Crippen LogP contribution in [0.25, 0.3) is 0 Å². The Hall–Kier alpha value is -2.23. The van der Waals surface area contributed by atoms with Crippen molar-refractivity contribution in [2.75, 3.05) is 28.2 Å². The highest BCUT2D eigenvalue weighted by molar-refractivity contribution is 8.00. The van der Waals surface area contributed by atoms with Gasteiger partial charge in [0.1, 0.15) is 11.4 Å². The fraction of sp³-hybridized carbons (Fsp3) is 0.263. The molecule has 0 radical (unpaired) electrons. The summed E-state index contributed by atoms with van der Waals surface area (Å²) in [6.07, 6.45) is 0. The maximum atomic E-state index is 12.9. The van der Waals surface area contributed by atoms with Gasteiger partial charge >= 0.3 is 0 Å². The average Bonchev–Trinajstić information content (AvgIpc) is 3.03. The molecule has 2 aromatic rings. The largest absolute Gasteiger partial charge is 0.325 e. The molecule has 0 aliphatic carbocycles. The van der Waals surface area contributed by atoms with Crippen molar-refractivity contribution in [2.45, 2.75) is 18.7 Å². The molecule has 0 unspecified atom stereocenters. The van der Waals surface area contributed by atoms with Gasteiger partial charge in [-0.3, -0.25) is 14.3 Å². The molecule has 3 rings (SSSR count). The molecule has 7 nitrogen and oxygen atoms in total. The molecule has 0 atom stereocenters. The lowest BCUT2D eigenvalue weighted by molar-refractivity contribution is -0.130. The first kappa shape index (κ1) is 21.5. The van der Waals surface area contributed by atoms with Gasteiger partial charge in [-0.1, -0.05) is 29.3 Å². The van der Waals surface area contributed by atoms with E-state index in [1.54, 1.807) is 19.1 Å². The van der Waals surface area contributed by atoms with Crippen molar-refractivity contribution in [3.63, 3.8) is 0 Å².